The maximum Gasteiger partial charge on any atom is 0.327 e. The van der Waals surface area contributed by atoms with Gasteiger partial charge < -0.3 is 5.11 Å². The third-order valence-corrected chi connectivity index (χ3v) is 4.41. The number of hydrogen-bond donors (Lipinski definition) is 1. The van der Waals surface area contributed by atoms with Crippen LogP contribution in [0.4, 0.5) is 0 Å². The van der Waals surface area contributed by atoms with Gasteiger partial charge in [0.25, 0.3) is 0 Å². The number of rotatable bonds is 4. The Bertz CT molecular complexity index is 611. The van der Waals surface area contributed by atoms with Gasteiger partial charge in [0.2, 0.25) is 11.8 Å². The quantitative estimate of drug-likeness (QED) is 0.677. The molecule has 0 radical (unpaired) electrons. The average Bonchev–Trinajstić information content (AvgIpc) is 2.78. The number of likely N-dealkylation sites (tertiary alicyclic amines) is 1. The van der Waals surface area contributed by atoms with Crippen molar-refractivity contribution in [2.75, 3.05) is 0 Å². The van der Waals surface area contributed by atoms with Gasteiger partial charge in [0.05, 0.1) is 11.8 Å². The van der Waals surface area contributed by atoms with E-state index in [0.29, 0.717) is 12.8 Å². The lowest BCUT2D eigenvalue weighted by molar-refractivity contribution is -0.155. The molecule has 114 valence electrons. The second-order valence-electron chi connectivity index (χ2n) is 5.75. The second-order valence-corrected chi connectivity index (χ2v) is 5.75. The highest BCUT2D eigenvalue weighted by molar-refractivity contribution is 6.08. The van der Waals surface area contributed by atoms with Gasteiger partial charge in [0, 0.05) is 6.42 Å². The second kappa shape index (κ2) is 5.75. The Morgan fingerprint density at radius 2 is 1.64 bits per heavy atom. The van der Waals surface area contributed by atoms with E-state index >= 15 is 0 Å². The largest absolute Gasteiger partial charge is 0.480 e. The third kappa shape index (κ3) is 2.43. The highest BCUT2D eigenvalue weighted by Crippen LogP contribution is 2.36. The SMILES string of the molecule is O=C(O)[C@H](Cc1ccccc1)N1C(=O)[C@@H]2CC=CC[C@H]2C1=O. The predicted octanol–water partition coefficient (Wildman–Crippen LogP) is 1.63. The number of imide groups is 1. The van der Waals surface area contributed by atoms with E-state index in [9.17, 15) is 19.5 Å². The zero-order valence-corrected chi connectivity index (χ0v) is 12.0. The molecule has 1 aromatic rings. The number of allylic oxidation sites excluding steroid dienone is 2. The Morgan fingerprint density at radius 1 is 1.09 bits per heavy atom. The Labute approximate surface area is 128 Å². The molecule has 1 aliphatic heterocycles. The number of benzene rings is 1. The summed E-state index contributed by atoms with van der Waals surface area (Å²) in [5, 5.41) is 9.50. The van der Waals surface area contributed by atoms with Gasteiger partial charge in [-0.25, -0.2) is 4.79 Å². The molecule has 1 saturated heterocycles. The Balaban J connectivity index is 1.87. The molecule has 1 heterocycles. The van der Waals surface area contributed by atoms with Crippen molar-refractivity contribution >= 4 is 17.8 Å². The van der Waals surface area contributed by atoms with Crippen LogP contribution in [0.3, 0.4) is 0 Å². The zero-order chi connectivity index (χ0) is 15.7. The molecule has 3 rings (SSSR count). The standard InChI is InChI=1S/C17H17NO4/c19-15-12-8-4-5-9-13(12)16(20)18(15)14(17(21)22)10-11-6-2-1-3-7-11/h1-7,12-14H,8-10H2,(H,21,22)/t12-,13-,14+/m1/s1. The molecule has 0 saturated carbocycles. The summed E-state index contributed by atoms with van der Waals surface area (Å²) >= 11 is 0. The summed E-state index contributed by atoms with van der Waals surface area (Å²) < 4.78 is 0. The lowest BCUT2D eigenvalue weighted by Gasteiger charge is -2.23. The van der Waals surface area contributed by atoms with Crippen molar-refractivity contribution in [1.29, 1.82) is 0 Å². The number of hydrogen-bond acceptors (Lipinski definition) is 3. The van der Waals surface area contributed by atoms with Crippen LogP contribution in [0.2, 0.25) is 0 Å². The Kier molecular flexibility index (Phi) is 3.79. The zero-order valence-electron chi connectivity index (χ0n) is 12.0. The fourth-order valence-electron chi connectivity index (χ4n) is 3.26. The van der Waals surface area contributed by atoms with Crippen molar-refractivity contribution in [2.45, 2.75) is 25.3 Å². The smallest absolute Gasteiger partial charge is 0.327 e. The van der Waals surface area contributed by atoms with Crippen LogP contribution < -0.4 is 0 Å². The summed E-state index contributed by atoms with van der Waals surface area (Å²) in [6, 6.07) is 7.93. The summed E-state index contributed by atoms with van der Waals surface area (Å²) in [6.07, 6.45) is 4.96. The molecule has 1 aromatic carbocycles. The van der Waals surface area contributed by atoms with Gasteiger partial charge in [-0.15, -0.1) is 0 Å². The number of aliphatic carboxylic acids is 1. The minimum atomic E-state index is -1.14. The summed E-state index contributed by atoms with van der Waals surface area (Å²) in [4.78, 5) is 37.6. The van der Waals surface area contributed by atoms with E-state index in [4.69, 9.17) is 0 Å². The van der Waals surface area contributed by atoms with Crippen LogP contribution in [0.15, 0.2) is 42.5 Å². The lowest BCUT2D eigenvalue weighted by atomic mass is 9.85. The lowest BCUT2D eigenvalue weighted by Crippen LogP contribution is -2.46. The van der Waals surface area contributed by atoms with Crippen molar-refractivity contribution < 1.29 is 19.5 Å². The number of amides is 2. The first-order valence-electron chi connectivity index (χ1n) is 7.38. The minimum absolute atomic E-state index is 0.139. The molecular weight excluding hydrogens is 282 g/mol. The summed E-state index contributed by atoms with van der Waals surface area (Å²) in [5.74, 6) is -2.62. The highest BCUT2D eigenvalue weighted by atomic mass is 16.4. The van der Waals surface area contributed by atoms with Gasteiger partial charge in [-0.3, -0.25) is 14.5 Å². The maximum atomic E-state index is 12.5. The first-order chi connectivity index (χ1) is 10.6. The van der Waals surface area contributed by atoms with Gasteiger partial charge in [-0.2, -0.15) is 0 Å². The van der Waals surface area contributed by atoms with E-state index in [1.807, 2.05) is 30.4 Å². The Morgan fingerprint density at radius 3 is 2.14 bits per heavy atom. The summed E-state index contributed by atoms with van der Waals surface area (Å²) in [6.45, 7) is 0. The molecule has 1 fully saturated rings. The number of nitrogens with zero attached hydrogens (tertiary/aromatic N) is 1. The van der Waals surface area contributed by atoms with Crippen molar-refractivity contribution in [3.63, 3.8) is 0 Å². The number of carbonyl (C=O) groups excluding carboxylic acids is 2. The van der Waals surface area contributed by atoms with E-state index in [0.717, 1.165) is 10.5 Å². The molecule has 0 aromatic heterocycles. The molecule has 3 atom stereocenters. The van der Waals surface area contributed by atoms with E-state index < -0.39 is 23.8 Å². The van der Waals surface area contributed by atoms with Crippen molar-refractivity contribution in [2.24, 2.45) is 11.8 Å². The van der Waals surface area contributed by atoms with Crippen molar-refractivity contribution in [3.05, 3.63) is 48.0 Å². The van der Waals surface area contributed by atoms with Gasteiger partial charge >= 0.3 is 5.97 Å². The van der Waals surface area contributed by atoms with Crippen LogP contribution in [0.5, 0.6) is 0 Å². The molecule has 5 heteroatoms. The summed E-state index contributed by atoms with van der Waals surface area (Å²) in [5.41, 5.74) is 0.795. The summed E-state index contributed by atoms with van der Waals surface area (Å²) in [7, 11) is 0. The number of fused-ring (bicyclic) bond motifs is 1. The van der Waals surface area contributed by atoms with Crippen LogP contribution in [0.25, 0.3) is 0 Å². The molecule has 2 amide bonds. The molecular formula is C17H17NO4. The molecule has 0 spiro atoms. The molecule has 0 bridgehead atoms. The normalized spacial score (nSPS) is 25.2. The molecule has 2 aliphatic rings. The molecule has 0 unspecified atom stereocenters. The highest BCUT2D eigenvalue weighted by Gasteiger charge is 2.51. The number of carboxylic acid groups (broad SMARTS) is 1. The van der Waals surface area contributed by atoms with Crippen molar-refractivity contribution in [3.8, 4) is 0 Å². The molecule has 1 N–H and O–H groups in total. The van der Waals surface area contributed by atoms with Crippen LogP contribution >= 0.6 is 0 Å². The first kappa shape index (κ1) is 14.5. The molecule has 22 heavy (non-hydrogen) atoms. The average molecular weight is 299 g/mol. The topological polar surface area (TPSA) is 74.7 Å². The fourth-order valence-corrected chi connectivity index (χ4v) is 3.26. The van der Waals surface area contributed by atoms with Crippen molar-refractivity contribution in [1.82, 2.24) is 4.90 Å². The van der Waals surface area contributed by atoms with Gasteiger partial charge in [-0.05, 0) is 18.4 Å². The van der Waals surface area contributed by atoms with Gasteiger partial charge in [0.1, 0.15) is 6.04 Å². The first-order valence-corrected chi connectivity index (χ1v) is 7.38. The monoisotopic (exact) mass is 299 g/mol. The molecule has 1 aliphatic carbocycles. The Hall–Kier alpha value is -2.43. The third-order valence-electron chi connectivity index (χ3n) is 4.41. The van der Waals surface area contributed by atoms with Gasteiger partial charge in [-0.1, -0.05) is 42.5 Å². The number of carbonyl (C=O) groups is 3. The van der Waals surface area contributed by atoms with Crippen LogP contribution in [-0.2, 0) is 20.8 Å². The van der Waals surface area contributed by atoms with Crippen LogP contribution in [0.1, 0.15) is 18.4 Å². The molecule has 5 nitrogen and oxygen atoms in total. The van der Waals surface area contributed by atoms with Crippen LogP contribution in [0, 0.1) is 11.8 Å². The van der Waals surface area contributed by atoms with E-state index in [1.54, 1.807) is 12.1 Å². The minimum Gasteiger partial charge on any atom is -0.480 e. The van der Waals surface area contributed by atoms with E-state index in [1.165, 1.54) is 0 Å². The predicted molar refractivity (Wildman–Crippen MR) is 78.8 cm³/mol. The maximum absolute atomic E-state index is 12.5. The number of carboxylic acids is 1. The van der Waals surface area contributed by atoms with Gasteiger partial charge in [0.15, 0.2) is 0 Å². The van der Waals surface area contributed by atoms with Crippen LogP contribution in [-0.4, -0.2) is 33.8 Å². The fraction of sp³-hybridized carbons (Fsp3) is 0.353. The van der Waals surface area contributed by atoms with E-state index in [2.05, 4.69) is 0 Å². The van der Waals surface area contributed by atoms with E-state index in [-0.39, 0.29) is 18.2 Å².